The normalized spacial score (nSPS) is 13.0. The summed E-state index contributed by atoms with van der Waals surface area (Å²) in [6, 6.07) is 82.3. The maximum absolute atomic E-state index is 15.3. The Kier molecular flexibility index (Phi) is 20.7. The summed E-state index contributed by atoms with van der Waals surface area (Å²) < 4.78 is 9.82. The number of methoxy groups -OCH3 is 1. The Morgan fingerprint density at radius 3 is 1.25 bits per heavy atom. The van der Waals surface area contributed by atoms with Crippen LogP contribution in [0.4, 0.5) is 4.79 Å². The Balaban J connectivity index is 0.943. The molecule has 88 heavy (non-hydrogen) atoms. The van der Waals surface area contributed by atoms with Crippen molar-refractivity contribution in [2.75, 3.05) is 31.8 Å². The smallest absolute Gasteiger partial charge is 0.407 e. The molecule has 1 aliphatic rings. The number of nitrogens with one attached hydrogen (secondary N) is 3. The molecule has 0 saturated carbocycles. The Hall–Kier alpha value is -9.17. The van der Waals surface area contributed by atoms with E-state index in [1.165, 1.54) is 35.5 Å². The summed E-state index contributed by atoms with van der Waals surface area (Å²) in [6.07, 6.45) is -0.588. The van der Waals surface area contributed by atoms with E-state index in [9.17, 15) is 9.59 Å². The van der Waals surface area contributed by atoms with E-state index in [1.54, 1.807) is 0 Å². The van der Waals surface area contributed by atoms with Crippen LogP contribution in [0.3, 0.4) is 0 Å². The Morgan fingerprint density at radius 1 is 0.477 bits per heavy atom. The Bertz CT molecular complexity index is 3510. The first-order chi connectivity index (χ1) is 43.0. The van der Waals surface area contributed by atoms with Gasteiger partial charge in [-0.2, -0.15) is 0 Å². The van der Waals surface area contributed by atoms with Crippen LogP contribution in [-0.2, 0) is 44.7 Å². The molecule has 0 aliphatic heterocycles. The number of hydrogen-bond acceptors (Lipinski definition) is 9. The molecule has 3 N–H and O–H groups in total. The van der Waals surface area contributed by atoms with Gasteiger partial charge in [0.05, 0.1) is 23.1 Å². The largest absolute Gasteiger partial charge is 0.467 e. The molecule has 0 saturated heterocycles. The van der Waals surface area contributed by atoms with E-state index in [0.717, 1.165) is 61.2 Å². The minimum Gasteiger partial charge on any atom is -0.467 e. The maximum atomic E-state index is 15.3. The fourth-order valence-corrected chi connectivity index (χ4v) is 15.0. The number of fused-ring (bicyclic) bond motifs is 3. The molecule has 13 heteroatoms. The number of carbonyl (C=O) groups is 5. The second kappa shape index (κ2) is 29.5. The van der Waals surface area contributed by atoms with Crippen molar-refractivity contribution >= 4 is 53.3 Å². The fourth-order valence-electron chi connectivity index (χ4n) is 11.9. The molecule has 1 aliphatic carbocycles. The minimum atomic E-state index is -1.24. The maximum Gasteiger partial charge on any atom is 0.407 e. The third-order valence-electron chi connectivity index (χ3n) is 16.1. The van der Waals surface area contributed by atoms with Gasteiger partial charge in [-0.3, -0.25) is 14.4 Å². The predicted octanol–water partition coefficient (Wildman–Crippen LogP) is 13.6. The molecular weight excluding hydrogens is 1130 g/mol. The molecule has 10 rings (SSSR count). The number of rotatable bonds is 26. The monoisotopic (exact) mass is 1200 g/mol. The van der Waals surface area contributed by atoms with E-state index in [1.807, 2.05) is 190 Å². The molecule has 9 aromatic carbocycles. The highest BCUT2D eigenvalue weighted by molar-refractivity contribution is 8.01. The molecule has 0 bridgehead atoms. The van der Waals surface area contributed by atoms with Crippen LogP contribution >= 0.6 is 23.5 Å². The molecule has 4 amide bonds. The van der Waals surface area contributed by atoms with Gasteiger partial charge >= 0.3 is 12.1 Å². The van der Waals surface area contributed by atoms with Crippen molar-refractivity contribution in [3.05, 3.63) is 311 Å². The van der Waals surface area contributed by atoms with Gasteiger partial charge in [-0.25, -0.2) is 9.59 Å². The number of esters is 1. The van der Waals surface area contributed by atoms with Crippen molar-refractivity contribution in [2.45, 2.75) is 60.4 Å². The van der Waals surface area contributed by atoms with E-state index in [0.29, 0.717) is 0 Å². The van der Waals surface area contributed by atoms with Crippen LogP contribution in [0.25, 0.3) is 11.1 Å². The molecule has 0 radical (unpaired) electrons. The number of benzene rings is 9. The van der Waals surface area contributed by atoms with E-state index in [4.69, 9.17) is 9.47 Å². The Labute approximate surface area is 524 Å². The van der Waals surface area contributed by atoms with Crippen molar-refractivity contribution in [1.29, 1.82) is 0 Å². The van der Waals surface area contributed by atoms with Crippen molar-refractivity contribution < 1.29 is 33.4 Å². The van der Waals surface area contributed by atoms with Crippen LogP contribution in [0, 0.1) is 5.92 Å². The molecule has 1 unspecified atom stereocenters. The van der Waals surface area contributed by atoms with E-state index in [-0.39, 0.29) is 42.9 Å². The molecule has 0 spiro atoms. The van der Waals surface area contributed by atoms with E-state index in [2.05, 4.69) is 101 Å². The van der Waals surface area contributed by atoms with Gasteiger partial charge in [0.2, 0.25) is 17.7 Å². The number of alkyl carbamates (subject to hydrolysis) is 1. The Morgan fingerprint density at radius 2 is 0.852 bits per heavy atom. The highest BCUT2D eigenvalue weighted by Crippen LogP contribution is 2.50. The van der Waals surface area contributed by atoms with Gasteiger partial charge in [-0.15, -0.1) is 23.5 Å². The van der Waals surface area contributed by atoms with Crippen LogP contribution in [0.5, 0.6) is 0 Å². The van der Waals surface area contributed by atoms with Gasteiger partial charge in [-0.05, 0) is 73.5 Å². The zero-order valence-electron chi connectivity index (χ0n) is 49.6. The summed E-state index contributed by atoms with van der Waals surface area (Å²) in [5.74, 6) is -2.63. The average molecular weight is 1210 g/mol. The van der Waals surface area contributed by atoms with Gasteiger partial charge in [0, 0.05) is 24.0 Å². The number of thioether (sulfide) groups is 2. The lowest BCUT2D eigenvalue weighted by molar-refractivity contribution is -0.147. The molecular formula is C75H72N4O7S2. The van der Waals surface area contributed by atoms with E-state index < -0.39 is 63.9 Å². The first kappa shape index (κ1) is 61.9. The first-order valence-corrected chi connectivity index (χ1v) is 31.7. The lowest BCUT2D eigenvalue weighted by Crippen LogP contribution is -2.56. The highest BCUT2D eigenvalue weighted by Gasteiger charge is 2.42. The third-order valence-corrected chi connectivity index (χ3v) is 19.4. The lowest BCUT2D eigenvalue weighted by Gasteiger charge is -2.37. The summed E-state index contributed by atoms with van der Waals surface area (Å²) >= 11 is 2.99. The molecule has 0 fully saturated rings. The quantitative estimate of drug-likeness (QED) is 0.0357. The minimum absolute atomic E-state index is 0.00213. The molecule has 9 aromatic rings. The predicted molar refractivity (Wildman–Crippen MR) is 353 cm³/mol. The number of carbonyl (C=O) groups excluding carboxylic acids is 5. The summed E-state index contributed by atoms with van der Waals surface area (Å²) in [5, 5.41) is 8.91. The van der Waals surface area contributed by atoms with Crippen molar-refractivity contribution in [2.24, 2.45) is 5.92 Å². The van der Waals surface area contributed by atoms with Crippen LogP contribution in [0.1, 0.15) is 76.3 Å². The molecule has 11 nitrogen and oxygen atoms in total. The zero-order valence-corrected chi connectivity index (χ0v) is 51.2. The van der Waals surface area contributed by atoms with E-state index >= 15 is 14.4 Å². The molecule has 0 aromatic heterocycles. The molecule has 0 heterocycles. The topological polar surface area (TPSA) is 143 Å². The molecule has 3 atom stereocenters. The second-order valence-electron chi connectivity index (χ2n) is 22.2. The third kappa shape index (κ3) is 14.1. The van der Waals surface area contributed by atoms with Gasteiger partial charge in [0.1, 0.15) is 24.7 Å². The van der Waals surface area contributed by atoms with Crippen molar-refractivity contribution in [3.63, 3.8) is 0 Å². The number of amides is 4. The van der Waals surface area contributed by atoms with Crippen molar-refractivity contribution in [1.82, 2.24) is 20.9 Å². The standard InChI is InChI=1S/C75H72N4O7S2/c1-53(2)47-68(71(82)77-67(72(83)85-3)52-88-75(58-37-19-8-20-38-58,59-39-21-9-22-40-59)60-41-23-10-24-42-60)79(49-54-29-11-4-12-30-54)69(80)48-76-70(81)66(78-73(84)86-50-65-63-45-27-25-43-61(63)62-44-26-28-46-64(62)65)51-87-74(55-31-13-5-14-32-55,56-33-15-6-16-34-56)57-35-17-7-18-36-57/h4-46,53,65-68H,47-52H2,1-3H3,(H,76,81)(H,77,82)(H,78,84)/t66-,67-,68?/m0/s1. The summed E-state index contributed by atoms with van der Waals surface area (Å²) in [7, 11) is 1.30. The summed E-state index contributed by atoms with van der Waals surface area (Å²) in [6.45, 7) is 3.41. The summed E-state index contributed by atoms with van der Waals surface area (Å²) in [5.41, 5.74) is 10.8. The molecule has 446 valence electrons. The van der Waals surface area contributed by atoms with Gasteiger partial charge < -0.3 is 30.3 Å². The average Bonchev–Trinajstić information content (AvgIpc) is 1.84. The zero-order chi connectivity index (χ0) is 61.3. The van der Waals surface area contributed by atoms with Crippen LogP contribution < -0.4 is 16.0 Å². The highest BCUT2D eigenvalue weighted by atomic mass is 32.2. The lowest BCUT2D eigenvalue weighted by atomic mass is 9.84. The fraction of sp³-hybridized carbons (Fsp3) is 0.213. The second-order valence-corrected chi connectivity index (χ2v) is 24.6. The SMILES string of the molecule is COC(=O)[C@H](CSC(c1ccccc1)(c1ccccc1)c1ccccc1)NC(=O)C(CC(C)C)N(Cc1ccccc1)C(=O)CNC(=O)[C@H](CSC(c1ccccc1)(c1ccccc1)c1ccccc1)NC(=O)OCC1c2ccccc2-c2ccccc21. The number of hydrogen-bond donors (Lipinski definition) is 3. The van der Waals surface area contributed by atoms with Crippen LogP contribution in [0.2, 0.25) is 0 Å². The van der Waals surface area contributed by atoms with Gasteiger partial charge in [-0.1, -0.05) is 275 Å². The van der Waals surface area contributed by atoms with Crippen LogP contribution in [0.15, 0.2) is 261 Å². The number of nitrogens with zero attached hydrogens (tertiary/aromatic N) is 1. The van der Waals surface area contributed by atoms with Gasteiger partial charge in [0.15, 0.2) is 0 Å². The van der Waals surface area contributed by atoms with Crippen LogP contribution in [-0.4, -0.2) is 84.6 Å². The van der Waals surface area contributed by atoms with Crippen molar-refractivity contribution in [3.8, 4) is 11.1 Å². The first-order valence-electron chi connectivity index (χ1n) is 29.7. The summed E-state index contributed by atoms with van der Waals surface area (Å²) in [4.78, 5) is 75.7. The number of ether oxygens (including phenoxy) is 2. The van der Waals surface area contributed by atoms with Gasteiger partial charge in [0.25, 0.3) is 0 Å².